The van der Waals surface area contributed by atoms with Crippen molar-refractivity contribution in [3.63, 3.8) is 0 Å². The van der Waals surface area contributed by atoms with Crippen LogP contribution in [-0.4, -0.2) is 19.6 Å². The summed E-state index contributed by atoms with van der Waals surface area (Å²) in [5, 5.41) is 2.81. The van der Waals surface area contributed by atoms with E-state index in [0.717, 1.165) is 11.1 Å². The number of halogens is 1. The molecule has 1 amide bonds. The Hall–Kier alpha value is -1.42. The molecule has 0 saturated carbocycles. The molecule has 1 N–H and O–H groups in total. The number of carbonyl (C=O) groups is 1. The molecule has 1 aromatic carbocycles. The van der Waals surface area contributed by atoms with Gasteiger partial charge in [-0.2, -0.15) is 0 Å². The Morgan fingerprint density at radius 3 is 2.72 bits per heavy atom. The van der Waals surface area contributed by atoms with Crippen LogP contribution >= 0.6 is 0 Å². The van der Waals surface area contributed by atoms with Gasteiger partial charge < -0.3 is 10.1 Å². The lowest BCUT2D eigenvalue weighted by Crippen LogP contribution is -2.39. The van der Waals surface area contributed by atoms with Gasteiger partial charge in [0, 0.05) is 13.7 Å². The largest absolute Gasteiger partial charge is 0.384 e. The van der Waals surface area contributed by atoms with Crippen LogP contribution in [0.5, 0.6) is 0 Å². The van der Waals surface area contributed by atoms with Crippen molar-refractivity contribution in [2.75, 3.05) is 13.7 Å². The minimum absolute atomic E-state index is 0.104. The molecule has 18 heavy (non-hydrogen) atoms. The van der Waals surface area contributed by atoms with Gasteiger partial charge in [0.15, 0.2) is 0 Å². The Bertz CT molecular complexity index is 430. The third-order valence-corrected chi connectivity index (χ3v) is 2.87. The molecule has 0 saturated heterocycles. The van der Waals surface area contributed by atoms with E-state index in [0.29, 0.717) is 13.2 Å². The summed E-state index contributed by atoms with van der Waals surface area (Å²) in [6.45, 7) is 6.19. The van der Waals surface area contributed by atoms with Crippen LogP contribution in [0.3, 0.4) is 0 Å². The summed E-state index contributed by atoms with van der Waals surface area (Å²) in [6, 6.07) is 4.56. The van der Waals surface area contributed by atoms with Crippen molar-refractivity contribution in [2.24, 2.45) is 5.41 Å². The number of hydrogen-bond donors (Lipinski definition) is 1. The van der Waals surface area contributed by atoms with Gasteiger partial charge in [-0.1, -0.05) is 6.07 Å². The number of nitrogens with one attached hydrogen (secondary N) is 1. The Morgan fingerprint density at radius 2 is 2.11 bits per heavy atom. The maximum Gasteiger partial charge on any atom is 0.228 e. The van der Waals surface area contributed by atoms with Crippen molar-refractivity contribution in [1.29, 1.82) is 0 Å². The highest BCUT2D eigenvalue weighted by Crippen LogP contribution is 2.16. The third-order valence-electron chi connectivity index (χ3n) is 2.87. The zero-order valence-corrected chi connectivity index (χ0v) is 11.3. The Kier molecular flexibility index (Phi) is 4.84. The van der Waals surface area contributed by atoms with Gasteiger partial charge in [-0.15, -0.1) is 0 Å². The first-order valence-electron chi connectivity index (χ1n) is 5.89. The molecule has 0 unspecified atom stereocenters. The maximum absolute atomic E-state index is 13.1. The Labute approximate surface area is 107 Å². The maximum atomic E-state index is 13.1. The monoisotopic (exact) mass is 253 g/mol. The van der Waals surface area contributed by atoms with E-state index in [1.54, 1.807) is 13.2 Å². The molecule has 0 fully saturated rings. The number of rotatable bonds is 5. The zero-order valence-electron chi connectivity index (χ0n) is 11.3. The number of methoxy groups -OCH3 is 1. The van der Waals surface area contributed by atoms with Crippen molar-refractivity contribution in [1.82, 2.24) is 5.32 Å². The number of amides is 1. The van der Waals surface area contributed by atoms with Gasteiger partial charge in [-0.25, -0.2) is 4.39 Å². The lowest BCUT2D eigenvalue weighted by Gasteiger charge is -2.22. The second kappa shape index (κ2) is 5.96. The minimum Gasteiger partial charge on any atom is -0.384 e. The molecule has 3 nitrogen and oxygen atoms in total. The Balaban J connectivity index is 2.65. The number of aryl methyl sites for hydroxylation is 1. The lowest BCUT2D eigenvalue weighted by atomic mass is 9.93. The summed E-state index contributed by atoms with van der Waals surface area (Å²) >= 11 is 0. The fourth-order valence-electron chi connectivity index (χ4n) is 1.67. The van der Waals surface area contributed by atoms with Crippen molar-refractivity contribution in [2.45, 2.75) is 27.3 Å². The van der Waals surface area contributed by atoms with Gasteiger partial charge in [0.1, 0.15) is 5.82 Å². The molecule has 0 aliphatic heterocycles. The molecule has 0 atom stereocenters. The van der Waals surface area contributed by atoms with Crippen LogP contribution in [0.2, 0.25) is 0 Å². The summed E-state index contributed by atoms with van der Waals surface area (Å²) < 4.78 is 18.1. The predicted octanol–water partition coefficient (Wildman–Crippen LogP) is 2.42. The van der Waals surface area contributed by atoms with E-state index in [1.165, 1.54) is 12.1 Å². The number of ether oxygens (including phenoxy) is 1. The average Bonchev–Trinajstić information content (AvgIpc) is 2.29. The molecule has 4 heteroatoms. The molecule has 1 rings (SSSR count). The first-order valence-corrected chi connectivity index (χ1v) is 5.89. The quantitative estimate of drug-likeness (QED) is 0.875. The SMILES string of the molecule is COCC(C)(C)C(=O)NCc1cc(F)ccc1C. The van der Waals surface area contributed by atoms with Gasteiger partial charge in [0.25, 0.3) is 0 Å². The highest BCUT2D eigenvalue weighted by molar-refractivity contribution is 5.81. The van der Waals surface area contributed by atoms with Crippen LogP contribution in [0, 0.1) is 18.2 Å². The summed E-state index contributed by atoms with van der Waals surface area (Å²) in [6.07, 6.45) is 0. The van der Waals surface area contributed by atoms with Crippen LogP contribution in [0.1, 0.15) is 25.0 Å². The topological polar surface area (TPSA) is 38.3 Å². The highest BCUT2D eigenvalue weighted by atomic mass is 19.1. The van der Waals surface area contributed by atoms with Crippen molar-refractivity contribution < 1.29 is 13.9 Å². The molecule has 0 aliphatic carbocycles. The molecule has 0 bridgehead atoms. The molecule has 0 radical (unpaired) electrons. The number of carbonyl (C=O) groups excluding carboxylic acids is 1. The average molecular weight is 253 g/mol. The highest BCUT2D eigenvalue weighted by Gasteiger charge is 2.27. The van der Waals surface area contributed by atoms with E-state index in [2.05, 4.69) is 5.32 Å². The summed E-state index contributed by atoms with van der Waals surface area (Å²) in [5.41, 5.74) is 1.16. The fourth-order valence-corrected chi connectivity index (χ4v) is 1.67. The van der Waals surface area contributed by atoms with Crippen LogP contribution in [-0.2, 0) is 16.1 Å². The molecule has 0 spiro atoms. The van der Waals surface area contributed by atoms with Gasteiger partial charge in [0.2, 0.25) is 5.91 Å². The number of benzene rings is 1. The molecule has 0 aliphatic rings. The number of hydrogen-bond acceptors (Lipinski definition) is 2. The van der Waals surface area contributed by atoms with Crippen molar-refractivity contribution in [3.05, 3.63) is 35.1 Å². The van der Waals surface area contributed by atoms with Crippen molar-refractivity contribution in [3.8, 4) is 0 Å². The van der Waals surface area contributed by atoms with Crippen molar-refractivity contribution >= 4 is 5.91 Å². The molecule has 100 valence electrons. The normalized spacial score (nSPS) is 11.4. The fraction of sp³-hybridized carbons (Fsp3) is 0.500. The van der Waals surface area contributed by atoms with Gasteiger partial charge in [0.05, 0.1) is 12.0 Å². The second-order valence-electron chi connectivity index (χ2n) is 5.07. The van der Waals surface area contributed by atoms with Crippen LogP contribution in [0.4, 0.5) is 4.39 Å². The third kappa shape index (κ3) is 3.81. The first kappa shape index (κ1) is 14.6. The molecular weight excluding hydrogens is 233 g/mol. The lowest BCUT2D eigenvalue weighted by molar-refractivity contribution is -0.132. The second-order valence-corrected chi connectivity index (χ2v) is 5.07. The summed E-state index contributed by atoms with van der Waals surface area (Å²) in [7, 11) is 1.56. The van der Waals surface area contributed by atoms with Crippen LogP contribution in [0.25, 0.3) is 0 Å². The van der Waals surface area contributed by atoms with Crippen LogP contribution in [0.15, 0.2) is 18.2 Å². The van der Waals surface area contributed by atoms with Gasteiger partial charge in [-0.3, -0.25) is 4.79 Å². The smallest absolute Gasteiger partial charge is 0.228 e. The molecule has 0 heterocycles. The van der Waals surface area contributed by atoms with E-state index < -0.39 is 5.41 Å². The first-order chi connectivity index (χ1) is 8.36. The van der Waals surface area contributed by atoms with Gasteiger partial charge >= 0.3 is 0 Å². The van der Waals surface area contributed by atoms with Crippen LogP contribution < -0.4 is 5.32 Å². The minimum atomic E-state index is -0.587. The molecule has 1 aromatic rings. The zero-order chi connectivity index (χ0) is 13.8. The standard InChI is InChI=1S/C14H20FNO2/c1-10-5-6-12(15)7-11(10)8-16-13(17)14(2,3)9-18-4/h5-7H,8-9H2,1-4H3,(H,16,17). The van der Waals surface area contributed by atoms with Gasteiger partial charge in [-0.05, 0) is 44.0 Å². The summed E-state index contributed by atoms with van der Waals surface area (Å²) in [5.74, 6) is -0.394. The van der Waals surface area contributed by atoms with E-state index in [1.807, 2.05) is 20.8 Å². The van der Waals surface area contributed by atoms with E-state index >= 15 is 0 Å². The molecule has 0 aromatic heterocycles. The van der Waals surface area contributed by atoms with E-state index in [9.17, 15) is 9.18 Å². The molecular formula is C14H20FNO2. The van der Waals surface area contributed by atoms with E-state index in [-0.39, 0.29) is 11.7 Å². The van der Waals surface area contributed by atoms with E-state index in [4.69, 9.17) is 4.74 Å². The predicted molar refractivity (Wildman–Crippen MR) is 68.6 cm³/mol. The Morgan fingerprint density at radius 1 is 1.44 bits per heavy atom. The summed E-state index contributed by atoms with van der Waals surface area (Å²) in [4.78, 5) is 11.9.